The molecule has 18 heavy (non-hydrogen) atoms. The molecule has 0 atom stereocenters. The van der Waals surface area contributed by atoms with Gasteiger partial charge in [-0.05, 0) is 30.3 Å². The van der Waals surface area contributed by atoms with Crippen LogP contribution in [0.5, 0.6) is 0 Å². The lowest BCUT2D eigenvalue weighted by Crippen LogP contribution is -2.16. The average Bonchev–Trinajstić information content (AvgIpc) is 2.74. The molecule has 0 spiro atoms. The largest absolute Gasteiger partial charge is 0.367 e. The molecule has 0 aliphatic rings. The van der Waals surface area contributed by atoms with Crippen LogP contribution in [-0.4, -0.2) is 7.05 Å². The van der Waals surface area contributed by atoms with Crippen LogP contribution in [0.3, 0.4) is 0 Å². The molecule has 0 amide bonds. The Morgan fingerprint density at radius 1 is 1.39 bits per heavy atom. The number of thiophene rings is 1. The van der Waals surface area contributed by atoms with E-state index in [0.29, 0.717) is 17.8 Å². The standard InChI is InChI=1S/C13H10ClFN2S/c1-17(8-10-3-5-13(14)18-10)12-4-2-9(7-16)6-11(12)15/h2-6H,8H2,1H3. The van der Waals surface area contributed by atoms with Gasteiger partial charge in [-0.15, -0.1) is 11.3 Å². The Bertz CT molecular complexity index is 603. The van der Waals surface area contributed by atoms with E-state index in [0.717, 1.165) is 9.21 Å². The minimum Gasteiger partial charge on any atom is -0.367 e. The van der Waals surface area contributed by atoms with Crippen molar-refractivity contribution in [3.05, 3.63) is 50.9 Å². The quantitative estimate of drug-likeness (QED) is 0.848. The third-order valence-corrected chi connectivity index (χ3v) is 3.73. The molecule has 5 heteroatoms. The summed E-state index contributed by atoms with van der Waals surface area (Å²) in [5, 5.41) is 8.69. The predicted molar refractivity (Wildman–Crippen MR) is 72.6 cm³/mol. The first-order valence-electron chi connectivity index (χ1n) is 5.25. The molecule has 2 aromatic rings. The molecule has 0 radical (unpaired) electrons. The van der Waals surface area contributed by atoms with Crippen molar-refractivity contribution in [2.75, 3.05) is 11.9 Å². The predicted octanol–water partition coefficient (Wildman–Crippen LogP) is 4.05. The molecule has 1 aromatic heterocycles. The van der Waals surface area contributed by atoms with Crippen molar-refractivity contribution in [2.45, 2.75) is 6.54 Å². The zero-order chi connectivity index (χ0) is 13.1. The second-order valence-corrected chi connectivity index (χ2v) is 5.64. The lowest BCUT2D eigenvalue weighted by molar-refractivity contribution is 0.622. The Balaban J connectivity index is 2.19. The first kappa shape index (κ1) is 12.9. The van der Waals surface area contributed by atoms with Crippen LogP contribution >= 0.6 is 22.9 Å². The van der Waals surface area contributed by atoms with Crippen LogP contribution in [0.25, 0.3) is 0 Å². The van der Waals surface area contributed by atoms with Gasteiger partial charge in [-0.3, -0.25) is 0 Å². The summed E-state index contributed by atoms with van der Waals surface area (Å²) in [6, 6.07) is 10.1. The van der Waals surface area contributed by atoms with E-state index in [1.165, 1.54) is 17.4 Å². The first-order valence-corrected chi connectivity index (χ1v) is 6.44. The summed E-state index contributed by atoms with van der Waals surface area (Å²) in [5.41, 5.74) is 0.794. The summed E-state index contributed by atoms with van der Waals surface area (Å²) < 4.78 is 14.5. The Labute approximate surface area is 114 Å². The maximum atomic E-state index is 13.8. The van der Waals surface area contributed by atoms with Crippen molar-refractivity contribution in [1.29, 1.82) is 5.26 Å². The highest BCUT2D eigenvalue weighted by Crippen LogP contribution is 2.26. The van der Waals surface area contributed by atoms with Crippen molar-refractivity contribution < 1.29 is 4.39 Å². The molecule has 0 aliphatic carbocycles. The van der Waals surface area contributed by atoms with E-state index in [-0.39, 0.29) is 5.82 Å². The topological polar surface area (TPSA) is 27.0 Å². The van der Waals surface area contributed by atoms with E-state index in [2.05, 4.69) is 0 Å². The molecule has 1 aromatic carbocycles. The number of anilines is 1. The second kappa shape index (κ2) is 5.38. The van der Waals surface area contributed by atoms with Gasteiger partial charge in [-0.2, -0.15) is 5.26 Å². The number of hydrogen-bond acceptors (Lipinski definition) is 3. The molecular weight excluding hydrogens is 271 g/mol. The summed E-state index contributed by atoms with van der Waals surface area (Å²) in [7, 11) is 1.80. The van der Waals surface area contributed by atoms with E-state index in [4.69, 9.17) is 16.9 Å². The van der Waals surface area contributed by atoms with Crippen molar-refractivity contribution in [2.24, 2.45) is 0 Å². The monoisotopic (exact) mass is 280 g/mol. The third kappa shape index (κ3) is 2.81. The number of hydrogen-bond donors (Lipinski definition) is 0. The normalized spacial score (nSPS) is 10.1. The van der Waals surface area contributed by atoms with Crippen LogP contribution in [0.4, 0.5) is 10.1 Å². The Morgan fingerprint density at radius 3 is 2.72 bits per heavy atom. The summed E-state index contributed by atoms with van der Waals surface area (Å²) >= 11 is 7.32. The first-order chi connectivity index (χ1) is 8.60. The second-order valence-electron chi connectivity index (χ2n) is 3.84. The van der Waals surface area contributed by atoms with E-state index in [1.54, 1.807) is 24.1 Å². The maximum Gasteiger partial charge on any atom is 0.147 e. The highest BCUT2D eigenvalue weighted by molar-refractivity contribution is 7.16. The summed E-state index contributed by atoms with van der Waals surface area (Å²) in [6.45, 7) is 0.584. The van der Waals surface area contributed by atoms with Crippen LogP contribution in [0.2, 0.25) is 4.34 Å². The van der Waals surface area contributed by atoms with E-state index >= 15 is 0 Å². The molecule has 0 saturated carbocycles. The van der Waals surface area contributed by atoms with Crippen molar-refractivity contribution >= 4 is 28.6 Å². The molecule has 0 unspecified atom stereocenters. The molecule has 0 N–H and O–H groups in total. The number of halogens is 2. The fraction of sp³-hybridized carbons (Fsp3) is 0.154. The lowest BCUT2D eigenvalue weighted by atomic mass is 10.2. The van der Waals surface area contributed by atoms with Gasteiger partial charge >= 0.3 is 0 Å². The van der Waals surface area contributed by atoms with Crippen LogP contribution in [0.1, 0.15) is 10.4 Å². The van der Waals surface area contributed by atoms with Crippen molar-refractivity contribution in [3.8, 4) is 6.07 Å². The number of rotatable bonds is 3. The summed E-state index contributed by atoms with van der Waals surface area (Å²) in [6.07, 6.45) is 0. The third-order valence-electron chi connectivity index (χ3n) is 2.51. The number of benzene rings is 1. The minimum absolute atomic E-state index is 0.323. The Hall–Kier alpha value is -1.57. The number of nitrogens with zero attached hydrogens (tertiary/aromatic N) is 2. The molecule has 92 valence electrons. The van der Waals surface area contributed by atoms with E-state index in [9.17, 15) is 4.39 Å². The minimum atomic E-state index is -0.390. The van der Waals surface area contributed by atoms with Gasteiger partial charge in [0.2, 0.25) is 0 Å². The van der Waals surface area contributed by atoms with Gasteiger partial charge in [0.05, 0.1) is 28.2 Å². The molecule has 0 bridgehead atoms. The fourth-order valence-corrected chi connectivity index (χ4v) is 2.78. The molecule has 0 fully saturated rings. The zero-order valence-corrected chi connectivity index (χ0v) is 11.2. The molecular formula is C13H10ClFN2S. The van der Waals surface area contributed by atoms with Crippen molar-refractivity contribution in [3.63, 3.8) is 0 Å². The average molecular weight is 281 g/mol. The highest BCUT2D eigenvalue weighted by Gasteiger charge is 2.10. The lowest BCUT2D eigenvalue weighted by Gasteiger charge is -2.19. The van der Waals surface area contributed by atoms with Gasteiger partial charge in [-0.25, -0.2) is 4.39 Å². The van der Waals surface area contributed by atoms with Crippen LogP contribution in [-0.2, 0) is 6.54 Å². The maximum absolute atomic E-state index is 13.8. The summed E-state index contributed by atoms with van der Waals surface area (Å²) in [4.78, 5) is 2.85. The smallest absolute Gasteiger partial charge is 0.147 e. The van der Waals surface area contributed by atoms with Gasteiger partial charge in [0.1, 0.15) is 5.82 Å². The Kier molecular flexibility index (Phi) is 3.85. The molecule has 0 aliphatic heterocycles. The molecule has 1 heterocycles. The zero-order valence-electron chi connectivity index (χ0n) is 9.65. The van der Waals surface area contributed by atoms with Gasteiger partial charge in [0, 0.05) is 11.9 Å². The molecule has 2 nitrogen and oxygen atoms in total. The van der Waals surface area contributed by atoms with E-state index in [1.807, 2.05) is 18.2 Å². The van der Waals surface area contributed by atoms with Crippen LogP contribution < -0.4 is 4.90 Å². The molecule has 0 saturated heterocycles. The van der Waals surface area contributed by atoms with Crippen LogP contribution in [0, 0.1) is 17.1 Å². The fourth-order valence-electron chi connectivity index (χ4n) is 1.64. The summed E-state index contributed by atoms with van der Waals surface area (Å²) in [5.74, 6) is -0.390. The van der Waals surface area contributed by atoms with E-state index < -0.39 is 0 Å². The van der Waals surface area contributed by atoms with Gasteiger partial charge < -0.3 is 4.90 Å². The SMILES string of the molecule is CN(Cc1ccc(Cl)s1)c1ccc(C#N)cc1F. The van der Waals surface area contributed by atoms with Gasteiger partial charge in [-0.1, -0.05) is 11.6 Å². The van der Waals surface area contributed by atoms with Crippen molar-refractivity contribution in [1.82, 2.24) is 0 Å². The number of nitriles is 1. The van der Waals surface area contributed by atoms with Crippen LogP contribution in [0.15, 0.2) is 30.3 Å². The Morgan fingerprint density at radius 2 is 2.17 bits per heavy atom. The molecule has 2 rings (SSSR count). The highest BCUT2D eigenvalue weighted by atomic mass is 35.5. The van der Waals surface area contributed by atoms with Gasteiger partial charge in [0.15, 0.2) is 0 Å². The van der Waals surface area contributed by atoms with Gasteiger partial charge in [0.25, 0.3) is 0 Å².